The highest BCUT2D eigenvalue weighted by Gasteiger charge is 2.18. The number of nitro groups is 1. The van der Waals surface area contributed by atoms with Crippen LogP contribution in [0.25, 0.3) is 0 Å². The molecule has 0 atom stereocenters. The van der Waals surface area contributed by atoms with Gasteiger partial charge in [-0.15, -0.1) is 0 Å². The van der Waals surface area contributed by atoms with Gasteiger partial charge in [-0.3, -0.25) is 14.9 Å². The minimum Gasteiger partial charge on any atom is -0.354 e. The van der Waals surface area contributed by atoms with Crippen LogP contribution in [-0.4, -0.2) is 10.7 Å². The van der Waals surface area contributed by atoms with Gasteiger partial charge in [0.2, 0.25) is 0 Å². The lowest BCUT2D eigenvalue weighted by Gasteiger charge is -2.08. The Bertz CT molecular complexity index is 709. The molecule has 0 bridgehead atoms. The molecule has 0 saturated heterocycles. The smallest absolute Gasteiger partial charge is 0.293 e. The third-order valence-corrected chi connectivity index (χ3v) is 2.84. The van der Waals surface area contributed by atoms with E-state index in [4.69, 9.17) is 0 Å². The first kappa shape index (κ1) is 14.5. The van der Waals surface area contributed by atoms with Gasteiger partial charge in [-0.1, -0.05) is 36.9 Å². The molecule has 0 aliphatic rings. The van der Waals surface area contributed by atoms with Crippen LogP contribution in [0.4, 0.5) is 11.4 Å². The number of hydrogen-bond donors (Lipinski definition) is 1. The molecule has 0 unspecified atom stereocenters. The molecule has 2 rings (SSSR count). The van der Waals surface area contributed by atoms with Gasteiger partial charge in [0.15, 0.2) is 5.78 Å². The summed E-state index contributed by atoms with van der Waals surface area (Å²) in [6.45, 7) is 5.36. The number of carbonyl (C=O) groups excluding carboxylic acids is 1. The van der Waals surface area contributed by atoms with Crippen molar-refractivity contribution < 1.29 is 9.72 Å². The maximum Gasteiger partial charge on any atom is 0.293 e. The third-order valence-electron chi connectivity index (χ3n) is 2.84. The summed E-state index contributed by atoms with van der Waals surface area (Å²) in [7, 11) is 0. The molecular formula is C16H14N2O3. The van der Waals surface area contributed by atoms with Crippen molar-refractivity contribution in [1.82, 2.24) is 0 Å². The van der Waals surface area contributed by atoms with Crippen LogP contribution in [0.15, 0.2) is 60.8 Å². The van der Waals surface area contributed by atoms with Crippen molar-refractivity contribution in [2.45, 2.75) is 6.92 Å². The summed E-state index contributed by atoms with van der Waals surface area (Å²) in [6, 6.07) is 13.0. The molecule has 0 aliphatic heterocycles. The molecule has 0 saturated carbocycles. The summed E-state index contributed by atoms with van der Waals surface area (Å²) in [5.41, 5.74) is 1.52. The lowest BCUT2D eigenvalue weighted by Crippen LogP contribution is -2.04. The number of ketones is 1. The maximum absolute atomic E-state index is 12.3. The number of allylic oxidation sites excluding steroid dienone is 1. The van der Waals surface area contributed by atoms with Crippen molar-refractivity contribution in [2.75, 3.05) is 5.32 Å². The molecule has 1 N–H and O–H groups in total. The minimum absolute atomic E-state index is 0.153. The standard InChI is InChI=1S/C16H14N2O3/c1-11(2)17-14-9-8-13(10-15(14)18(20)21)16(19)12-6-4-3-5-7-12/h3-10,17H,1H2,2H3. The normalized spacial score (nSPS) is 9.95. The zero-order valence-corrected chi connectivity index (χ0v) is 11.5. The van der Waals surface area contributed by atoms with Gasteiger partial charge in [0.25, 0.3) is 5.69 Å². The van der Waals surface area contributed by atoms with Gasteiger partial charge in [0, 0.05) is 22.9 Å². The highest BCUT2D eigenvalue weighted by Crippen LogP contribution is 2.27. The number of nitrogens with zero attached hydrogens (tertiary/aromatic N) is 1. The maximum atomic E-state index is 12.3. The van der Waals surface area contributed by atoms with Crippen LogP contribution in [0.3, 0.4) is 0 Å². The second kappa shape index (κ2) is 6.00. The third kappa shape index (κ3) is 3.33. The van der Waals surface area contributed by atoms with E-state index in [9.17, 15) is 14.9 Å². The van der Waals surface area contributed by atoms with Gasteiger partial charge in [-0.05, 0) is 19.1 Å². The SMILES string of the molecule is C=C(C)Nc1ccc(C(=O)c2ccccc2)cc1[N+](=O)[O-]. The first-order valence-electron chi connectivity index (χ1n) is 6.30. The van der Waals surface area contributed by atoms with Crippen molar-refractivity contribution in [1.29, 1.82) is 0 Å². The zero-order valence-electron chi connectivity index (χ0n) is 11.5. The predicted octanol–water partition coefficient (Wildman–Crippen LogP) is 3.77. The van der Waals surface area contributed by atoms with Crippen LogP contribution in [-0.2, 0) is 0 Å². The summed E-state index contributed by atoms with van der Waals surface area (Å²) >= 11 is 0. The average Bonchev–Trinajstić information content (AvgIpc) is 2.47. The molecule has 0 aliphatic carbocycles. The molecule has 5 nitrogen and oxygen atoms in total. The summed E-state index contributed by atoms with van der Waals surface area (Å²) in [5.74, 6) is -0.249. The molecular weight excluding hydrogens is 268 g/mol. The number of hydrogen-bond acceptors (Lipinski definition) is 4. The van der Waals surface area contributed by atoms with Gasteiger partial charge in [-0.2, -0.15) is 0 Å². The van der Waals surface area contributed by atoms with E-state index in [1.807, 2.05) is 0 Å². The van der Waals surface area contributed by atoms with Crippen LogP contribution in [0, 0.1) is 10.1 Å². The quantitative estimate of drug-likeness (QED) is 0.514. The molecule has 0 fully saturated rings. The van der Waals surface area contributed by atoms with Gasteiger partial charge in [0.05, 0.1) is 4.92 Å². The second-order valence-electron chi connectivity index (χ2n) is 4.59. The molecule has 0 heterocycles. The Balaban J connectivity index is 2.43. The van der Waals surface area contributed by atoms with E-state index in [0.717, 1.165) is 0 Å². The van der Waals surface area contributed by atoms with Gasteiger partial charge in [0.1, 0.15) is 5.69 Å². The van der Waals surface area contributed by atoms with E-state index in [2.05, 4.69) is 11.9 Å². The molecule has 5 heteroatoms. The highest BCUT2D eigenvalue weighted by atomic mass is 16.6. The summed E-state index contributed by atoms with van der Waals surface area (Å²) < 4.78 is 0. The zero-order chi connectivity index (χ0) is 15.4. The van der Waals surface area contributed by atoms with Crippen molar-refractivity contribution in [3.05, 3.63) is 82.0 Å². The van der Waals surface area contributed by atoms with Crippen molar-refractivity contribution in [2.24, 2.45) is 0 Å². The molecule has 0 radical (unpaired) electrons. The molecule has 2 aromatic rings. The molecule has 0 aromatic heterocycles. The van der Waals surface area contributed by atoms with E-state index in [1.165, 1.54) is 12.1 Å². The number of nitrogens with one attached hydrogen (secondary N) is 1. The lowest BCUT2D eigenvalue weighted by atomic mass is 10.0. The largest absolute Gasteiger partial charge is 0.354 e. The van der Waals surface area contributed by atoms with Crippen LogP contribution in [0.1, 0.15) is 22.8 Å². The Morgan fingerprint density at radius 2 is 1.81 bits per heavy atom. The van der Waals surface area contributed by atoms with Crippen molar-refractivity contribution in [3.63, 3.8) is 0 Å². The topological polar surface area (TPSA) is 72.2 Å². The predicted molar refractivity (Wildman–Crippen MR) is 81.4 cm³/mol. The molecule has 2 aromatic carbocycles. The minimum atomic E-state index is -0.521. The fourth-order valence-corrected chi connectivity index (χ4v) is 1.92. The van der Waals surface area contributed by atoms with Crippen LogP contribution in [0.5, 0.6) is 0 Å². The first-order valence-corrected chi connectivity index (χ1v) is 6.30. The first-order chi connectivity index (χ1) is 9.99. The van der Waals surface area contributed by atoms with Gasteiger partial charge < -0.3 is 5.32 Å². The molecule has 21 heavy (non-hydrogen) atoms. The van der Waals surface area contributed by atoms with Crippen LogP contribution < -0.4 is 5.32 Å². The van der Waals surface area contributed by atoms with Crippen LogP contribution in [0.2, 0.25) is 0 Å². The molecule has 0 amide bonds. The Labute approximate surface area is 122 Å². The summed E-state index contributed by atoms with van der Waals surface area (Å²) in [5, 5.41) is 14.0. The number of carbonyl (C=O) groups is 1. The Kier molecular flexibility index (Phi) is 4.13. The number of nitro benzene ring substituents is 1. The molecule has 0 spiro atoms. The Hall–Kier alpha value is -2.95. The number of rotatable bonds is 5. The molecule has 106 valence electrons. The number of anilines is 1. The Morgan fingerprint density at radius 1 is 1.14 bits per heavy atom. The van der Waals surface area contributed by atoms with E-state index >= 15 is 0 Å². The van der Waals surface area contributed by atoms with E-state index in [0.29, 0.717) is 16.9 Å². The van der Waals surface area contributed by atoms with Crippen LogP contribution >= 0.6 is 0 Å². The van der Waals surface area contributed by atoms with Gasteiger partial charge >= 0.3 is 0 Å². The van der Waals surface area contributed by atoms with Crippen molar-refractivity contribution in [3.8, 4) is 0 Å². The van der Waals surface area contributed by atoms with E-state index < -0.39 is 4.92 Å². The number of benzene rings is 2. The average molecular weight is 282 g/mol. The fraction of sp³-hybridized carbons (Fsp3) is 0.0625. The summed E-state index contributed by atoms with van der Waals surface area (Å²) in [6.07, 6.45) is 0. The monoisotopic (exact) mass is 282 g/mol. The van der Waals surface area contributed by atoms with E-state index in [-0.39, 0.29) is 17.0 Å². The van der Waals surface area contributed by atoms with Gasteiger partial charge in [-0.25, -0.2) is 0 Å². The Morgan fingerprint density at radius 3 is 2.38 bits per heavy atom. The second-order valence-corrected chi connectivity index (χ2v) is 4.59. The fourth-order valence-electron chi connectivity index (χ4n) is 1.92. The lowest BCUT2D eigenvalue weighted by molar-refractivity contribution is -0.383. The summed E-state index contributed by atoms with van der Waals surface area (Å²) in [4.78, 5) is 22.9. The van der Waals surface area contributed by atoms with Crippen molar-refractivity contribution >= 4 is 17.2 Å². The highest BCUT2D eigenvalue weighted by molar-refractivity contribution is 6.09. The van der Waals surface area contributed by atoms with E-state index in [1.54, 1.807) is 43.3 Å².